The number of hydrogen-bond acceptors (Lipinski definition) is 2. The van der Waals surface area contributed by atoms with Crippen molar-refractivity contribution in [3.05, 3.63) is 82.4 Å². The van der Waals surface area contributed by atoms with E-state index in [0.717, 1.165) is 46.3 Å². The zero-order valence-electron chi connectivity index (χ0n) is 20.1. The lowest BCUT2D eigenvalue weighted by molar-refractivity contribution is 0.0973. The van der Waals surface area contributed by atoms with Crippen molar-refractivity contribution in [1.29, 1.82) is 0 Å². The van der Waals surface area contributed by atoms with Crippen molar-refractivity contribution in [3.63, 3.8) is 0 Å². The van der Waals surface area contributed by atoms with Crippen LogP contribution in [0.15, 0.2) is 54.6 Å². The van der Waals surface area contributed by atoms with Crippen molar-refractivity contribution in [2.45, 2.75) is 64.8 Å². The predicted octanol–water partition coefficient (Wildman–Crippen LogP) is 7.60. The summed E-state index contributed by atoms with van der Waals surface area (Å²) >= 11 is 0. The minimum absolute atomic E-state index is 0.0425. The van der Waals surface area contributed by atoms with Gasteiger partial charge in [-0.15, -0.1) is 0 Å². The molecule has 0 amide bonds. The maximum absolute atomic E-state index is 13.2. The second kappa shape index (κ2) is 8.23. The fourth-order valence-electron chi connectivity index (χ4n) is 6.24. The number of hydrogen-bond donors (Lipinski definition) is 0. The van der Waals surface area contributed by atoms with Crippen LogP contribution in [0.25, 0.3) is 21.8 Å². The van der Waals surface area contributed by atoms with Crippen molar-refractivity contribution < 1.29 is 9.59 Å². The molecule has 1 unspecified atom stereocenters. The number of aryl methyl sites for hydroxylation is 1. The molecule has 0 radical (unpaired) electrons. The first-order valence-corrected chi connectivity index (χ1v) is 12.7. The molecule has 1 fully saturated rings. The van der Waals surface area contributed by atoms with E-state index < -0.39 is 0 Å². The van der Waals surface area contributed by atoms with Crippen molar-refractivity contribution in [1.82, 2.24) is 4.57 Å². The van der Waals surface area contributed by atoms with Crippen molar-refractivity contribution in [3.8, 4) is 0 Å². The van der Waals surface area contributed by atoms with Gasteiger partial charge in [-0.25, -0.2) is 0 Å². The Hall–Kier alpha value is -3.20. The number of aromatic nitrogens is 1. The largest absolute Gasteiger partial charge is 0.340 e. The lowest BCUT2D eigenvalue weighted by atomic mass is 9.92. The van der Waals surface area contributed by atoms with Gasteiger partial charge in [-0.2, -0.15) is 0 Å². The quantitative estimate of drug-likeness (QED) is 0.284. The molecule has 0 N–H and O–H groups in total. The van der Waals surface area contributed by atoms with E-state index in [0.29, 0.717) is 23.5 Å². The second-order valence-corrected chi connectivity index (χ2v) is 10.5. The molecule has 0 saturated heterocycles. The first kappa shape index (κ1) is 21.3. The van der Waals surface area contributed by atoms with Crippen LogP contribution in [0.4, 0.5) is 0 Å². The molecule has 34 heavy (non-hydrogen) atoms. The van der Waals surface area contributed by atoms with E-state index in [4.69, 9.17) is 0 Å². The Kier molecular flexibility index (Phi) is 5.17. The van der Waals surface area contributed by atoms with Gasteiger partial charge in [0.15, 0.2) is 11.6 Å². The van der Waals surface area contributed by atoms with Crippen LogP contribution in [0.5, 0.6) is 0 Å². The Morgan fingerprint density at radius 1 is 0.912 bits per heavy atom. The molecule has 0 bridgehead atoms. The third kappa shape index (κ3) is 3.50. The highest BCUT2D eigenvalue weighted by Gasteiger charge is 2.27. The number of fused-ring (bicyclic) bond motifs is 3. The summed E-state index contributed by atoms with van der Waals surface area (Å²) in [6.07, 6.45) is 6.84. The summed E-state index contributed by atoms with van der Waals surface area (Å²) in [6.45, 7) is 5.17. The van der Waals surface area contributed by atoms with E-state index in [9.17, 15) is 9.59 Å². The summed E-state index contributed by atoms with van der Waals surface area (Å²) in [5, 5.41) is 2.19. The number of ketones is 2. The third-order valence-electron chi connectivity index (χ3n) is 8.09. The van der Waals surface area contributed by atoms with Gasteiger partial charge in [0.1, 0.15) is 0 Å². The first-order chi connectivity index (χ1) is 16.5. The predicted molar refractivity (Wildman–Crippen MR) is 138 cm³/mol. The van der Waals surface area contributed by atoms with Gasteiger partial charge < -0.3 is 4.57 Å². The van der Waals surface area contributed by atoms with Gasteiger partial charge in [0.25, 0.3) is 0 Å². The van der Waals surface area contributed by atoms with E-state index in [2.05, 4.69) is 29.7 Å². The van der Waals surface area contributed by atoms with E-state index in [-0.39, 0.29) is 11.6 Å². The van der Waals surface area contributed by atoms with Crippen molar-refractivity contribution in [2.75, 3.05) is 0 Å². The van der Waals surface area contributed by atoms with Crippen LogP contribution in [0.1, 0.15) is 88.8 Å². The molecule has 2 heterocycles. The second-order valence-electron chi connectivity index (χ2n) is 10.5. The molecular formula is C31H31NO2. The summed E-state index contributed by atoms with van der Waals surface area (Å²) in [7, 11) is 0. The maximum atomic E-state index is 13.2. The summed E-state index contributed by atoms with van der Waals surface area (Å²) < 4.78 is 2.37. The molecule has 3 nitrogen and oxygen atoms in total. The number of nitrogens with zero attached hydrogens (tertiary/aromatic N) is 1. The van der Waals surface area contributed by atoms with Crippen molar-refractivity contribution in [2.24, 2.45) is 5.92 Å². The minimum Gasteiger partial charge on any atom is -0.340 e. The summed E-state index contributed by atoms with van der Waals surface area (Å²) in [4.78, 5) is 26.5. The van der Waals surface area contributed by atoms with Gasteiger partial charge in [-0.3, -0.25) is 9.59 Å². The smallest absolute Gasteiger partial charge is 0.193 e. The molecule has 0 spiro atoms. The molecule has 172 valence electrons. The van der Waals surface area contributed by atoms with Gasteiger partial charge in [0.2, 0.25) is 0 Å². The Labute approximate surface area is 200 Å². The minimum atomic E-state index is 0.0425. The highest BCUT2D eigenvalue weighted by atomic mass is 16.1. The van der Waals surface area contributed by atoms with E-state index in [1.165, 1.54) is 36.8 Å². The fraction of sp³-hybridized carbons (Fsp3) is 0.355. The number of benzene rings is 3. The molecule has 1 aromatic heterocycles. The van der Waals surface area contributed by atoms with Gasteiger partial charge in [0.05, 0.1) is 5.52 Å². The zero-order chi connectivity index (χ0) is 23.4. The Bertz CT molecular complexity index is 1450. The van der Waals surface area contributed by atoms with Crippen LogP contribution in [-0.4, -0.2) is 16.1 Å². The van der Waals surface area contributed by atoms with E-state index in [1.807, 2.05) is 43.3 Å². The van der Waals surface area contributed by atoms with E-state index in [1.54, 1.807) is 0 Å². The van der Waals surface area contributed by atoms with Gasteiger partial charge in [-0.1, -0.05) is 56.4 Å². The molecule has 3 aromatic carbocycles. The monoisotopic (exact) mass is 449 g/mol. The number of Topliss-reactive ketones (excluding diaryl/α,β-unsaturated/α-hetero) is 1. The average Bonchev–Trinajstić information content (AvgIpc) is 3.56. The SMILES string of the molecule is Cc1cccc(C(=O)c2ccc3c(c2)c2cc(C(=O)CCC4CCCC4)cc4c2n3CC4C)c1. The van der Waals surface area contributed by atoms with Crippen LogP contribution >= 0.6 is 0 Å². The summed E-state index contributed by atoms with van der Waals surface area (Å²) in [5.41, 5.74) is 6.98. The summed E-state index contributed by atoms with van der Waals surface area (Å²) in [5.74, 6) is 1.41. The molecule has 3 heteroatoms. The topological polar surface area (TPSA) is 39.1 Å². The molecule has 1 saturated carbocycles. The van der Waals surface area contributed by atoms with Crippen LogP contribution in [0.2, 0.25) is 0 Å². The lowest BCUT2D eigenvalue weighted by Gasteiger charge is -2.10. The molecule has 4 aromatic rings. The highest BCUT2D eigenvalue weighted by Crippen LogP contribution is 2.42. The van der Waals surface area contributed by atoms with Crippen LogP contribution in [0, 0.1) is 12.8 Å². The number of rotatable bonds is 6. The number of carbonyl (C=O) groups excluding carboxylic acids is 2. The van der Waals surface area contributed by atoms with Crippen molar-refractivity contribution >= 4 is 33.4 Å². The Balaban J connectivity index is 1.42. The van der Waals surface area contributed by atoms with Crippen LogP contribution < -0.4 is 0 Å². The lowest BCUT2D eigenvalue weighted by Crippen LogP contribution is -2.04. The summed E-state index contributed by atoms with van der Waals surface area (Å²) in [6, 6.07) is 18.1. The molecule has 6 rings (SSSR count). The third-order valence-corrected chi connectivity index (χ3v) is 8.09. The molecule has 2 aliphatic rings. The molecule has 1 aliphatic heterocycles. The fourth-order valence-corrected chi connectivity index (χ4v) is 6.24. The van der Waals surface area contributed by atoms with Gasteiger partial charge >= 0.3 is 0 Å². The first-order valence-electron chi connectivity index (χ1n) is 12.7. The average molecular weight is 450 g/mol. The highest BCUT2D eigenvalue weighted by molar-refractivity contribution is 6.16. The molecule has 1 atom stereocenters. The molecule has 1 aliphatic carbocycles. The Morgan fingerprint density at radius 3 is 2.47 bits per heavy atom. The standard InChI is InChI=1S/C31H31NO2/c1-19-6-5-9-22(14-19)31(34)23-11-12-28-26(15-23)27-17-24(16-25-20(2)18-32(28)30(25)27)29(33)13-10-21-7-3-4-8-21/h5-6,9,11-12,14-17,20-21H,3-4,7-8,10,13,18H2,1-2H3. The van der Waals surface area contributed by atoms with Gasteiger partial charge in [-0.05, 0) is 61.2 Å². The van der Waals surface area contributed by atoms with Crippen LogP contribution in [-0.2, 0) is 6.54 Å². The normalized spacial score (nSPS) is 17.8. The van der Waals surface area contributed by atoms with Gasteiger partial charge in [0, 0.05) is 51.9 Å². The molecular weight excluding hydrogens is 418 g/mol. The maximum Gasteiger partial charge on any atom is 0.193 e. The zero-order valence-corrected chi connectivity index (χ0v) is 20.1. The number of carbonyl (C=O) groups is 2. The van der Waals surface area contributed by atoms with E-state index >= 15 is 0 Å². The van der Waals surface area contributed by atoms with Crippen LogP contribution in [0.3, 0.4) is 0 Å². The Morgan fingerprint density at radius 2 is 1.68 bits per heavy atom.